The Balaban J connectivity index is 1.48. The van der Waals surface area contributed by atoms with Crippen molar-refractivity contribution in [2.45, 2.75) is 57.3 Å². The fourth-order valence-electron chi connectivity index (χ4n) is 4.76. The quantitative estimate of drug-likeness (QED) is 0.193. The highest BCUT2D eigenvalue weighted by atomic mass is 32.2. The van der Waals surface area contributed by atoms with Gasteiger partial charge in [-0.1, -0.05) is 18.2 Å². The lowest BCUT2D eigenvalue weighted by atomic mass is 10.1. The molecule has 0 saturated carbocycles. The Hall–Kier alpha value is -4.31. The summed E-state index contributed by atoms with van der Waals surface area (Å²) < 4.78 is 71.0. The van der Waals surface area contributed by atoms with Gasteiger partial charge in [-0.2, -0.15) is 4.72 Å². The number of rotatable bonds is 11. The first-order valence-electron chi connectivity index (χ1n) is 14.0. The minimum absolute atomic E-state index is 0.0148. The molecule has 246 valence electrons. The highest BCUT2D eigenvalue weighted by Crippen LogP contribution is 2.32. The molecule has 4 rings (SSSR count). The number of hydrogen-bond acceptors (Lipinski definition) is 10. The molecule has 2 atom stereocenters. The van der Waals surface area contributed by atoms with E-state index in [1.165, 1.54) is 25.4 Å². The number of carbonyl (C=O) groups excluding carboxylic acids is 2. The smallest absolute Gasteiger partial charge is 0.326 e. The molecule has 4 aromatic rings. The van der Waals surface area contributed by atoms with E-state index in [1.54, 1.807) is 77.1 Å². The van der Waals surface area contributed by atoms with Crippen molar-refractivity contribution < 1.29 is 40.3 Å². The molecule has 0 bridgehead atoms. The zero-order chi connectivity index (χ0) is 34.0. The molecule has 3 N–H and O–H groups in total. The third-order valence-electron chi connectivity index (χ3n) is 6.68. The average Bonchev–Trinajstić information content (AvgIpc) is 3.31. The Kier molecular flexibility index (Phi) is 9.92. The van der Waals surface area contributed by atoms with Crippen LogP contribution in [0.4, 0.5) is 11.4 Å². The molecule has 2 unspecified atom stereocenters. The van der Waals surface area contributed by atoms with E-state index in [9.17, 15) is 26.4 Å². The fourth-order valence-corrected chi connectivity index (χ4v) is 6.58. The van der Waals surface area contributed by atoms with Crippen LogP contribution in [-0.4, -0.2) is 64.8 Å². The minimum atomic E-state index is -4.13. The third-order valence-corrected chi connectivity index (χ3v) is 8.73. The van der Waals surface area contributed by atoms with Crippen molar-refractivity contribution in [1.29, 1.82) is 0 Å². The Labute approximate surface area is 267 Å². The molecule has 15 heteroatoms. The number of nitrogens with one attached hydrogen (secondary N) is 3. The van der Waals surface area contributed by atoms with Gasteiger partial charge in [-0.3, -0.25) is 19.3 Å². The molecule has 2 aromatic heterocycles. The van der Waals surface area contributed by atoms with Gasteiger partial charge in [0.1, 0.15) is 11.6 Å². The summed E-state index contributed by atoms with van der Waals surface area (Å²) in [5, 5.41) is 3.19. The van der Waals surface area contributed by atoms with Crippen LogP contribution in [-0.2, 0) is 34.3 Å². The van der Waals surface area contributed by atoms with Gasteiger partial charge >= 0.3 is 5.97 Å². The number of nitrogens with zero attached hydrogens (tertiary/aromatic N) is 1. The van der Waals surface area contributed by atoms with E-state index < -0.39 is 49.7 Å². The fraction of sp³-hybridized carbons (Fsp3) is 0.323. The molecule has 0 saturated heterocycles. The van der Waals surface area contributed by atoms with E-state index in [0.29, 0.717) is 39.2 Å². The number of pyridine rings is 1. The first-order chi connectivity index (χ1) is 21.4. The number of furan rings is 1. The van der Waals surface area contributed by atoms with Gasteiger partial charge in [0.25, 0.3) is 5.91 Å². The molecule has 0 aliphatic rings. The summed E-state index contributed by atoms with van der Waals surface area (Å²) in [4.78, 5) is 29.8. The van der Waals surface area contributed by atoms with Crippen molar-refractivity contribution in [2.24, 2.45) is 0 Å². The van der Waals surface area contributed by atoms with Crippen molar-refractivity contribution in [3.05, 3.63) is 72.1 Å². The first-order valence-corrected chi connectivity index (χ1v) is 17.4. The van der Waals surface area contributed by atoms with Crippen molar-refractivity contribution in [3.8, 4) is 11.3 Å². The Morgan fingerprint density at radius 2 is 1.65 bits per heavy atom. The molecule has 2 heterocycles. The van der Waals surface area contributed by atoms with Crippen LogP contribution < -0.4 is 14.8 Å². The SMILES string of the molecule is COC(=O)C(NS(=O)(=O)c1ccc(-c2ccc(NC(=O)c3oc4cccc(NS(C)(=O)=O)c4c3C)cn2)cc1)C(C)OC(C)(C)C. The summed E-state index contributed by atoms with van der Waals surface area (Å²) in [5.41, 5.74) is 1.96. The number of anilines is 2. The highest BCUT2D eigenvalue weighted by molar-refractivity contribution is 7.92. The second kappa shape index (κ2) is 13.2. The van der Waals surface area contributed by atoms with Gasteiger partial charge in [0, 0.05) is 16.5 Å². The molecule has 1 amide bonds. The number of benzene rings is 2. The average molecular weight is 673 g/mol. The monoisotopic (exact) mass is 672 g/mol. The van der Waals surface area contributed by atoms with E-state index in [4.69, 9.17) is 13.9 Å². The normalized spacial score (nSPS) is 13.6. The van der Waals surface area contributed by atoms with Gasteiger partial charge in [0.05, 0.1) is 53.2 Å². The van der Waals surface area contributed by atoms with E-state index in [1.807, 2.05) is 0 Å². The molecule has 46 heavy (non-hydrogen) atoms. The van der Waals surface area contributed by atoms with Crippen LogP contribution in [0.1, 0.15) is 43.8 Å². The largest absolute Gasteiger partial charge is 0.468 e. The van der Waals surface area contributed by atoms with E-state index in [2.05, 4.69) is 19.7 Å². The predicted molar refractivity (Wildman–Crippen MR) is 173 cm³/mol. The number of hydrogen-bond donors (Lipinski definition) is 3. The van der Waals surface area contributed by atoms with E-state index in [0.717, 1.165) is 6.26 Å². The van der Waals surface area contributed by atoms with E-state index in [-0.39, 0.29) is 10.7 Å². The molecule has 0 spiro atoms. The highest BCUT2D eigenvalue weighted by Gasteiger charge is 2.34. The topological polar surface area (TPSA) is 183 Å². The molecule has 0 fully saturated rings. The van der Waals surface area contributed by atoms with Crippen LogP contribution in [0.15, 0.2) is 70.1 Å². The summed E-state index contributed by atoms with van der Waals surface area (Å²) in [6, 6.07) is 12.7. The summed E-state index contributed by atoms with van der Waals surface area (Å²) in [7, 11) is -6.51. The van der Waals surface area contributed by atoms with E-state index >= 15 is 0 Å². The lowest BCUT2D eigenvalue weighted by Gasteiger charge is -2.29. The molecule has 0 aliphatic carbocycles. The van der Waals surface area contributed by atoms with Crippen LogP contribution in [0.25, 0.3) is 22.2 Å². The first kappa shape index (κ1) is 34.6. The second-order valence-electron chi connectivity index (χ2n) is 11.6. The molecule has 13 nitrogen and oxygen atoms in total. The number of aryl methyl sites for hydroxylation is 1. The summed E-state index contributed by atoms with van der Waals surface area (Å²) in [5.74, 6) is -1.32. The zero-order valence-electron chi connectivity index (χ0n) is 26.4. The molecular weight excluding hydrogens is 636 g/mol. The van der Waals surface area contributed by atoms with Gasteiger partial charge in [0.2, 0.25) is 20.0 Å². The summed E-state index contributed by atoms with van der Waals surface area (Å²) in [6.45, 7) is 8.62. The number of amides is 1. The van der Waals surface area contributed by atoms with Crippen LogP contribution in [0.3, 0.4) is 0 Å². The summed E-state index contributed by atoms with van der Waals surface area (Å²) >= 11 is 0. The Morgan fingerprint density at radius 1 is 0.978 bits per heavy atom. The van der Waals surface area contributed by atoms with Gasteiger partial charge < -0.3 is 19.2 Å². The van der Waals surface area contributed by atoms with Gasteiger partial charge in [0.15, 0.2) is 5.76 Å². The standard InChI is InChI=1S/C31H36N4O9S2/c1-18-26-24(34-45(7,38)39)9-8-10-25(26)43-28(18)29(36)33-21-13-16-23(32-17-21)20-11-14-22(15-12-20)46(40,41)35-27(30(37)42-6)19(2)44-31(3,4)5/h8-17,19,27,34-35H,1-7H3,(H,33,36). The van der Waals surface area contributed by atoms with Crippen LogP contribution >= 0.6 is 0 Å². The van der Waals surface area contributed by atoms with Crippen LogP contribution in [0.5, 0.6) is 0 Å². The molecule has 0 radical (unpaired) electrons. The zero-order valence-corrected chi connectivity index (χ0v) is 28.0. The van der Waals surface area contributed by atoms with Gasteiger partial charge in [-0.15, -0.1) is 0 Å². The van der Waals surface area contributed by atoms with Crippen molar-refractivity contribution in [1.82, 2.24) is 9.71 Å². The number of sulfonamides is 2. The number of esters is 1. The van der Waals surface area contributed by atoms with Gasteiger partial charge in [-0.25, -0.2) is 16.8 Å². The summed E-state index contributed by atoms with van der Waals surface area (Å²) in [6.07, 6.45) is 1.66. The maximum Gasteiger partial charge on any atom is 0.326 e. The third kappa shape index (κ3) is 8.28. The number of ether oxygens (including phenoxy) is 2. The molecule has 0 aliphatic heterocycles. The van der Waals surface area contributed by atoms with Crippen molar-refractivity contribution in [3.63, 3.8) is 0 Å². The maximum absolute atomic E-state index is 13.1. The lowest BCUT2D eigenvalue weighted by molar-refractivity contribution is -0.149. The van der Waals surface area contributed by atoms with Crippen molar-refractivity contribution >= 4 is 54.3 Å². The van der Waals surface area contributed by atoms with Crippen LogP contribution in [0, 0.1) is 6.92 Å². The number of fused-ring (bicyclic) bond motifs is 1. The molecular formula is C31H36N4O9S2. The van der Waals surface area contributed by atoms with Gasteiger partial charge in [-0.05, 0) is 71.0 Å². The second-order valence-corrected chi connectivity index (χ2v) is 15.0. The van der Waals surface area contributed by atoms with Crippen LogP contribution in [0.2, 0.25) is 0 Å². The Morgan fingerprint density at radius 3 is 2.22 bits per heavy atom. The Bertz CT molecular complexity index is 1970. The predicted octanol–water partition coefficient (Wildman–Crippen LogP) is 4.45. The van der Waals surface area contributed by atoms with Crippen molar-refractivity contribution in [2.75, 3.05) is 23.4 Å². The molecule has 2 aromatic carbocycles. The number of methoxy groups -OCH3 is 1. The maximum atomic E-state index is 13.1. The number of carbonyl (C=O) groups is 2. The number of aromatic nitrogens is 1. The lowest BCUT2D eigenvalue weighted by Crippen LogP contribution is -2.50. The minimum Gasteiger partial charge on any atom is -0.468 e.